The van der Waals surface area contributed by atoms with Crippen molar-refractivity contribution in [1.82, 2.24) is 4.31 Å². The van der Waals surface area contributed by atoms with E-state index in [1.165, 1.54) is 11.2 Å². The Balaban J connectivity index is 3.38. The number of ether oxygens (including phenoxy) is 1. The van der Waals surface area contributed by atoms with Gasteiger partial charge in [0.2, 0.25) is 0 Å². The second-order valence-electron chi connectivity index (χ2n) is 3.18. The lowest BCUT2D eigenvalue weighted by molar-refractivity contribution is 0.0749. The minimum atomic E-state index is 0.284. The highest BCUT2D eigenvalue weighted by Crippen LogP contribution is 2.15. The maximum Gasteiger partial charge on any atom is 0.0635 e. The van der Waals surface area contributed by atoms with Crippen LogP contribution in [0.25, 0.3) is 0 Å². The van der Waals surface area contributed by atoms with E-state index in [2.05, 4.69) is 6.07 Å². The third kappa shape index (κ3) is 8.64. The standard InChI is InChI=1S/C9H17ClN2OS/c1-9(2)13-8-4-7-12(14-10)6-3-5-11/h9H,3-4,6-8H2,1-2H3. The fraction of sp³-hybridized carbons (Fsp3) is 0.889. The fourth-order valence-electron chi connectivity index (χ4n) is 0.915. The second kappa shape index (κ2) is 9.60. The molecule has 3 nitrogen and oxygen atoms in total. The summed E-state index contributed by atoms with van der Waals surface area (Å²) in [6, 6.07) is 2.10. The Labute approximate surface area is 95.0 Å². The predicted octanol–water partition coefficient (Wildman–Crippen LogP) is 2.82. The third-order valence-electron chi connectivity index (χ3n) is 1.57. The smallest absolute Gasteiger partial charge is 0.0635 e. The monoisotopic (exact) mass is 236 g/mol. The van der Waals surface area contributed by atoms with Crippen molar-refractivity contribution in [2.75, 3.05) is 19.7 Å². The molecule has 5 heteroatoms. The van der Waals surface area contributed by atoms with Crippen LogP contribution in [0.3, 0.4) is 0 Å². The van der Waals surface area contributed by atoms with Crippen LogP contribution in [-0.4, -0.2) is 30.1 Å². The summed E-state index contributed by atoms with van der Waals surface area (Å²) >= 11 is 1.17. The van der Waals surface area contributed by atoms with Gasteiger partial charge >= 0.3 is 0 Å². The van der Waals surface area contributed by atoms with E-state index in [1.54, 1.807) is 0 Å². The van der Waals surface area contributed by atoms with E-state index >= 15 is 0 Å². The van der Waals surface area contributed by atoms with E-state index in [9.17, 15) is 0 Å². The van der Waals surface area contributed by atoms with Crippen molar-refractivity contribution in [3.05, 3.63) is 0 Å². The molecule has 0 saturated heterocycles. The highest BCUT2D eigenvalue weighted by atomic mass is 35.7. The van der Waals surface area contributed by atoms with Gasteiger partial charge in [-0.05, 0) is 31.0 Å². The molecule has 0 radical (unpaired) electrons. The van der Waals surface area contributed by atoms with Gasteiger partial charge in [0.1, 0.15) is 0 Å². The molecule has 0 N–H and O–H groups in total. The molecule has 0 aromatic rings. The first kappa shape index (κ1) is 14.1. The summed E-state index contributed by atoms with van der Waals surface area (Å²) in [5, 5.41) is 8.40. The normalized spacial score (nSPS) is 10.9. The molecule has 82 valence electrons. The molecule has 0 spiro atoms. The number of hydrogen-bond acceptors (Lipinski definition) is 4. The van der Waals surface area contributed by atoms with Crippen LogP contribution >= 0.6 is 21.8 Å². The van der Waals surface area contributed by atoms with Gasteiger partial charge in [0.15, 0.2) is 0 Å². The lowest BCUT2D eigenvalue weighted by Gasteiger charge is -2.16. The van der Waals surface area contributed by atoms with Crippen molar-refractivity contribution < 1.29 is 4.74 Å². The molecule has 0 fully saturated rings. The van der Waals surface area contributed by atoms with Gasteiger partial charge in [0.05, 0.1) is 12.2 Å². The summed E-state index contributed by atoms with van der Waals surface area (Å²) in [7, 11) is 5.64. The fourth-order valence-corrected chi connectivity index (χ4v) is 1.69. The summed E-state index contributed by atoms with van der Waals surface area (Å²) in [6.07, 6.45) is 1.75. The second-order valence-corrected chi connectivity index (χ2v) is 4.25. The van der Waals surface area contributed by atoms with E-state index in [-0.39, 0.29) is 6.10 Å². The Bertz CT molecular complexity index is 173. The van der Waals surface area contributed by atoms with Gasteiger partial charge in [-0.2, -0.15) is 5.26 Å². The van der Waals surface area contributed by atoms with E-state index in [0.717, 1.165) is 19.6 Å². The maximum absolute atomic E-state index is 8.40. The Morgan fingerprint density at radius 2 is 2.21 bits per heavy atom. The number of halogens is 1. The highest BCUT2D eigenvalue weighted by Gasteiger charge is 2.03. The molecular formula is C9H17ClN2OS. The van der Waals surface area contributed by atoms with Crippen LogP contribution in [0.15, 0.2) is 0 Å². The molecule has 0 unspecified atom stereocenters. The number of rotatable bonds is 8. The first-order valence-electron chi connectivity index (χ1n) is 4.73. The minimum Gasteiger partial charge on any atom is -0.379 e. The Hall–Kier alpha value is 0.0500. The Morgan fingerprint density at radius 3 is 2.71 bits per heavy atom. The molecule has 0 aliphatic heterocycles. The van der Waals surface area contributed by atoms with Gasteiger partial charge in [-0.3, -0.25) is 0 Å². The topological polar surface area (TPSA) is 36.3 Å². The molecule has 0 aromatic heterocycles. The molecule has 0 aliphatic rings. The van der Waals surface area contributed by atoms with E-state index in [0.29, 0.717) is 13.0 Å². The van der Waals surface area contributed by atoms with Crippen LogP contribution in [0.1, 0.15) is 26.7 Å². The molecular weight excluding hydrogens is 220 g/mol. The summed E-state index contributed by atoms with van der Waals surface area (Å²) in [5.74, 6) is 0. The van der Waals surface area contributed by atoms with Gasteiger partial charge in [-0.25, -0.2) is 4.31 Å². The van der Waals surface area contributed by atoms with Crippen LogP contribution in [0.4, 0.5) is 0 Å². The summed E-state index contributed by atoms with van der Waals surface area (Å²) in [5.41, 5.74) is 0. The Morgan fingerprint density at radius 1 is 1.50 bits per heavy atom. The average Bonchev–Trinajstić information content (AvgIpc) is 2.16. The van der Waals surface area contributed by atoms with Crippen molar-refractivity contribution in [2.24, 2.45) is 0 Å². The van der Waals surface area contributed by atoms with Gasteiger partial charge in [0, 0.05) is 37.3 Å². The minimum absolute atomic E-state index is 0.284. The zero-order chi connectivity index (χ0) is 10.8. The van der Waals surface area contributed by atoms with Crippen LogP contribution in [0.5, 0.6) is 0 Å². The first-order chi connectivity index (χ1) is 6.70. The SMILES string of the molecule is CC(C)OCCCN(CCC#N)SCl. The number of nitriles is 1. The van der Waals surface area contributed by atoms with Crippen LogP contribution in [-0.2, 0) is 4.74 Å². The van der Waals surface area contributed by atoms with Crippen molar-refractivity contribution in [3.8, 4) is 6.07 Å². The third-order valence-corrected chi connectivity index (χ3v) is 2.72. The Kier molecular flexibility index (Phi) is 9.63. The molecule has 14 heavy (non-hydrogen) atoms. The molecule has 0 aromatic carbocycles. The first-order valence-corrected chi connectivity index (χ1v) is 6.33. The quantitative estimate of drug-likeness (QED) is 0.480. The number of nitrogens with zero attached hydrogens (tertiary/aromatic N) is 2. The number of hydrogen-bond donors (Lipinski definition) is 0. The molecule has 0 aliphatic carbocycles. The predicted molar refractivity (Wildman–Crippen MR) is 61.0 cm³/mol. The van der Waals surface area contributed by atoms with Gasteiger partial charge in [-0.15, -0.1) is 0 Å². The lowest BCUT2D eigenvalue weighted by atomic mass is 10.4. The van der Waals surface area contributed by atoms with E-state index < -0.39 is 0 Å². The van der Waals surface area contributed by atoms with Gasteiger partial charge < -0.3 is 4.74 Å². The molecule has 0 amide bonds. The highest BCUT2D eigenvalue weighted by molar-refractivity contribution is 8.19. The van der Waals surface area contributed by atoms with Gasteiger partial charge in [-0.1, -0.05) is 0 Å². The zero-order valence-electron chi connectivity index (χ0n) is 8.70. The van der Waals surface area contributed by atoms with Crippen LogP contribution in [0, 0.1) is 11.3 Å². The average molecular weight is 237 g/mol. The largest absolute Gasteiger partial charge is 0.379 e. The molecule has 0 rings (SSSR count). The van der Waals surface area contributed by atoms with E-state index in [1.807, 2.05) is 18.2 Å². The molecule has 0 bridgehead atoms. The van der Waals surface area contributed by atoms with Crippen molar-refractivity contribution >= 4 is 21.8 Å². The van der Waals surface area contributed by atoms with E-state index in [4.69, 9.17) is 20.7 Å². The summed E-state index contributed by atoms with van der Waals surface area (Å²) < 4.78 is 7.36. The lowest BCUT2D eigenvalue weighted by Crippen LogP contribution is -2.18. The van der Waals surface area contributed by atoms with Crippen molar-refractivity contribution in [3.63, 3.8) is 0 Å². The summed E-state index contributed by atoms with van der Waals surface area (Å²) in [4.78, 5) is 0. The van der Waals surface area contributed by atoms with Crippen LogP contribution < -0.4 is 0 Å². The molecule has 0 atom stereocenters. The van der Waals surface area contributed by atoms with Gasteiger partial charge in [0.25, 0.3) is 0 Å². The molecule has 0 heterocycles. The summed E-state index contributed by atoms with van der Waals surface area (Å²) in [6.45, 7) is 6.36. The van der Waals surface area contributed by atoms with Crippen molar-refractivity contribution in [1.29, 1.82) is 5.26 Å². The molecule has 0 saturated carbocycles. The van der Waals surface area contributed by atoms with Crippen LogP contribution in [0.2, 0.25) is 0 Å². The zero-order valence-corrected chi connectivity index (χ0v) is 10.3. The maximum atomic E-state index is 8.40. The van der Waals surface area contributed by atoms with Crippen molar-refractivity contribution in [2.45, 2.75) is 32.8 Å².